The van der Waals surface area contributed by atoms with E-state index in [1.54, 1.807) is 29.5 Å². The van der Waals surface area contributed by atoms with Gasteiger partial charge in [-0.1, -0.05) is 24.3 Å². The molecule has 0 aliphatic heterocycles. The number of amides is 2. The van der Waals surface area contributed by atoms with Crippen LogP contribution in [0, 0.1) is 6.92 Å². The molecule has 0 saturated heterocycles. The molecule has 25 heavy (non-hydrogen) atoms. The van der Waals surface area contributed by atoms with Gasteiger partial charge in [0.05, 0.1) is 6.04 Å². The zero-order valence-electron chi connectivity index (χ0n) is 14.3. The number of hydrogen-bond donors (Lipinski definition) is 2. The summed E-state index contributed by atoms with van der Waals surface area (Å²) < 4.78 is 1.20. The minimum Gasteiger partial charge on any atom is -0.354 e. The Morgan fingerprint density at radius 2 is 1.72 bits per heavy atom. The molecule has 0 fully saturated rings. The van der Waals surface area contributed by atoms with Crippen LogP contribution in [0.15, 0.2) is 42.5 Å². The van der Waals surface area contributed by atoms with E-state index < -0.39 is 0 Å². The van der Waals surface area contributed by atoms with Gasteiger partial charge in [0, 0.05) is 16.6 Å². The number of nitrogens with one attached hydrogen (secondary N) is 2. The van der Waals surface area contributed by atoms with Gasteiger partial charge >= 0.3 is 0 Å². The Morgan fingerprint density at radius 3 is 2.40 bits per heavy atom. The van der Waals surface area contributed by atoms with Crippen LogP contribution in [-0.4, -0.2) is 23.8 Å². The largest absolute Gasteiger partial charge is 0.354 e. The molecule has 2 aromatic heterocycles. The maximum atomic E-state index is 12.5. The van der Waals surface area contributed by atoms with Crippen molar-refractivity contribution in [1.82, 2.24) is 15.6 Å². The maximum Gasteiger partial charge on any atom is 0.270 e. The number of carbonyl (C=O) groups excluding carboxylic acids is 2. The molecule has 2 N–H and O–H groups in total. The summed E-state index contributed by atoms with van der Waals surface area (Å²) in [5, 5.41) is 6.69. The highest BCUT2D eigenvalue weighted by Gasteiger charge is 2.18. The number of pyridine rings is 1. The average molecular weight is 353 g/mol. The van der Waals surface area contributed by atoms with E-state index in [2.05, 4.69) is 34.7 Å². The first kappa shape index (κ1) is 17.1. The van der Waals surface area contributed by atoms with Crippen LogP contribution in [0.5, 0.6) is 0 Å². The molecule has 1 atom stereocenters. The third kappa shape index (κ3) is 3.39. The number of fused-ring (bicyclic) bond motifs is 1. The summed E-state index contributed by atoms with van der Waals surface area (Å²) in [7, 11) is 1.53. The molecule has 0 radical (unpaired) electrons. The minimum atomic E-state index is -0.317. The lowest BCUT2D eigenvalue weighted by Gasteiger charge is -2.13. The van der Waals surface area contributed by atoms with Gasteiger partial charge in [-0.3, -0.25) is 9.59 Å². The van der Waals surface area contributed by atoms with Gasteiger partial charge in [-0.25, -0.2) is 4.98 Å². The number of benzene rings is 1. The van der Waals surface area contributed by atoms with Gasteiger partial charge in [0.15, 0.2) is 0 Å². The van der Waals surface area contributed by atoms with Crippen molar-refractivity contribution >= 4 is 33.2 Å². The van der Waals surface area contributed by atoms with Crippen LogP contribution in [0.2, 0.25) is 0 Å². The molecule has 0 spiro atoms. The second kappa shape index (κ2) is 7.03. The third-order valence-corrected chi connectivity index (χ3v) is 5.52. The molecule has 2 heterocycles. The quantitative estimate of drug-likeness (QED) is 0.755. The number of carbonyl (C=O) groups is 2. The Bertz CT molecular complexity index is 949. The summed E-state index contributed by atoms with van der Waals surface area (Å²) in [5.74, 6) is -0.613. The molecule has 0 bridgehead atoms. The van der Waals surface area contributed by atoms with Crippen LogP contribution in [-0.2, 0) is 0 Å². The minimum absolute atomic E-state index is 0.143. The van der Waals surface area contributed by atoms with Crippen molar-refractivity contribution < 1.29 is 9.59 Å². The summed E-state index contributed by atoms with van der Waals surface area (Å²) in [6.45, 7) is 4.03. The van der Waals surface area contributed by atoms with Gasteiger partial charge < -0.3 is 10.6 Å². The monoisotopic (exact) mass is 353 g/mol. The van der Waals surface area contributed by atoms with Crippen LogP contribution in [0.1, 0.15) is 44.4 Å². The van der Waals surface area contributed by atoms with Crippen molar-refractivity contribution in [2.24, 2.45) is 0 Å². The fourth-order valence-electron chi connectivity index (χ4n) is 2.76. The molecule has 0 unspecified atom stereocenters. The summed E-state index contributed by atoms with van der Waals surface area (Å²) >= 11 is 1.68. The first-order valence-electron chi connectivity index (χ1n) is 7.99. The van der Waals surface area contributed by atoms with Gasteiger partial charge in [0.25, 0.3) is 11.8 Å². The van der Waals surface area contributed by atoms with Crippen molar-refractivity contribution in [2.45, 2.75) is 19.9 Å². The van der Waals surface area contributed by atoms with E-state index in [4.69, 9.17) is 0 Å². The van der Waals surface area contributed by atoms with Crippen LogP contribution >= 0.6 is 11.3 Å². The summed E-state index contributed by atoms with van der Waals surface area (Å²) in [5.41, 5.74) is 1.63. The van der Waals surface area contributed by atoms with Gasteiger partial charge in [-0.2, -0.15) is 0 Å². The Labute approximate surface area is 150 Å². The summed E-state index contributed by atoms with van der Waals surface area (Å²) in [6.07, 6.45) is 0. The van der Waals surface area contributed by atoms with Crippen LogP contribution in [0.4, 0.5) is 0 Å². The van der Waals surface area contributed by atoms with Crippen LogP contribution in [0.25, 0.3) is 10.1 Å². The second-order valence-electron chi connectivity index (χ2n) is 5.77. The lowest BCUT2D eigenvalue weighted by molar-refractivity contribution is 0.0934. The van der Waals surface area contributed by atoms with Crippen molar-refractivity contribution in [3.8, 4) is 0 Å². The smallest absolute Gasteiger partial charge is 0.270 e. The van der Waals surface area contributed by atoms with Crippen molar-refractivity contribution in [2.75, 3.05) is 7.05 Å². The van der Waals surface area contributed by atoms with Gasteiger partial charge in [-0.05, 0) is 43.0 Å². The number of aromatic nitrogens is 1. The van der Waals surface area contributed by atoms with Crippen molar-refractivity contribution in [1.29, 1.82) is 0 Å². The van der Waals surface area contributed by atoms with Crippen LogP contribution < -0.4 is 10.6 Å². The first-order chi connectivity index (χ1) is 12.0. The van der Waals surface area contributed by atoms with Crippen LogP contribution in [0.3, 0.4) is 0 Å². The maximum absolute atomic E-state index is 12.5. The highest BCUT2D eigenvalue weighted by molar-refractivity contribution is 7.19. The van der Waals surface area contributed by atoms with Gasteiger partial charge in [0.1, 0.15) is 11.4 Å². The lowest BCUT2D eigenvalue weighted by atomic mass is 10.1. The highest BCUT2D eigenvalue weighted by atomic mass is 32.1. The summed E-state index contributed by atoms with van der Waals surface area (Å²) in [6, 6.07) is 12.9. The number of thiophene rings is 1. The standard InChI is InChI=1S/C19H19N3O2S/c1-11-13-7-4-5-10-16(13)25-17(11)12(2)21-19(24)15-9-6-8-14(22-15)18(23)20-3/h4-10,12H,1-3H3,(H,20,23)(H,21,24)/t12-/m1/s1. The Balaban J connectivity index is 1.82. The fourth-order valence-corrected chi connectivity index (χ4v) is 3.97. The topological polar surface area (TPSA) is 71.1 Å². The Hall–Kier alpha value is -2.73. The van der Waals surface area contributed by atoms with Gasteiger partial charge in [-0.15, -0.1) is 11.3 Å². The molecular weight excluding hydrogens is 334 g/mol. The van der Waals surface area contributed by atoms with E-state index in [1.165, 1.54) is 22.7 Å². The molecule has 6 heteroatoms. The van der Waals surface area contributed by atoms with Gasteiger partial charge in [0.2, 0.25) is 0 Å². The van der Waals surface area contributed by atoms with E-state index in [0.29, 0.717) is 0 Å². The Kier molecular flexibility index (Phi) is 4.81. The molecule has 5 nitrogen and oxygen atoms in total. The van der Waals surface area contributed by atoms with E-state index >= 15 is 0 Å². The molecule has 128 valence electrons. The van der Waals surface area contributed by atoms with E-state index in [0.717, 1.165) is 4.88 Å². The molecule has 0 aliphatic carbocycles. The normalized spacial score (nSPS) is 12.0. The molecule has 2 amide bonds. The predicted octanol–water partition coefficient (Wildman–Crippen LogP) is 3.46. The molecule has 3 aromatic rings. The molecular formula is C19H19N3O2S. The second-order valence-corrected chi connectivity index (χ2v) is 6.85. The van der Waals surface area contributed by atoms with E-state index in [9.17, 15) is 9.59 Å². The molecule has 3 rings (SSSR count). The van der Waals surface area contributed by atoms with Crippen molar-refractivity contribution in [3.05, 3.63) is 64.3 Å². The lowest BCUT2D eigenvalue weighted by Crippen LogP contribution is -2.28. The third-order valence-electron chi connectivity index (χ3n) is 4.06. The molecule has 1 aromatic carbocycles. The highest BCUT2D eigenvalue weighted by Crippen LogP contribution is 2.34. The van der Waals surface area contributed by atoms with Crippen molar-refractivity contribution in [3.63, 3.8) is 0 Å². The zero-order valence-corrected chi connectivity index (χ0v) is 15.1. The average Bonchev–Trinajstić information content (AvgIpc) is 2.98. The number of nitrogens with zero attached hydrogens (tertiary/aromatic N) is 1. The zero-order chi connectivity index (χ0) is 18.0. The SMILES string of the molecule is CNC(=O)c1cccc(C(=O)N[C@H](C)c2sc3ccccc3c2C)n1. The Morgan fingerprint density at radius 1 is 1.04 bits per heavy atom. The number of rotatable bonds is 4. The number of hydrogen-bond acceptors (Lipinski definition) is 4. The number of aryl methyl sites for hydroxylation is 1. The van der Waals surface area contributed by atoms with E-state index in [1.807, 2.05) is 19.1 Å². The molecule has 0 aliphatic rings. The van der Waals surface area contributed by atoms with E-state index in [-0.39, 0.29) is 29.2 Å². The first-order valence-corrected chi connectivity index (χ1v) is 8.81. The fraction of sp³-hybridized carbons (Fsp3) is 0.211. The predicted molar refractivity (Wildman–Crippen MR) is 100 cm³/mol. The molecule has 0 saturated carbocycles. The summed E-state index contributed by atoms with van der Waals surface area (Å²) in [4.78, 5) is 29.4.